The summed E-state index contributed by atoms with van der Waals surface area (Å²) in [7, 11) is 0. The molecule has 10 heavy (non-hydrogen) atoms. The van der Waals surface area contributed by atoms with Gasteiger partial charge in [0, 0.05) is 0 Å². The van der Waals surface area contributed by atoms with Crippen LogP contribution >= 0.6 is 0 Å². The molecule has 0 aromatic carbocycles. The molecule has 0 aromatic heterocycles. The number of aliphatic hydroxyl groups is 1. The molecule has 0 unspecified atom stereocenters. The summed E-state index contributed by atoms with van der Waals surface area (Å²) in [6.07, 6.45) is 2.58. The fourth-order valence-corrected chi connectivity index (χ4v) is 1.06. The summed E-state index contributed by atoms with van der Waals surface area (Å²) in [5.41, 5.74) is 0. The maximum atomic E-state index is 9.48. The molecule has 2 atom stereocenters. The summed E-state index contributed by atoms with van der Waals surface area (Å²) in [6.45, 7) is 9.74. The second kappa shape index (κ2) is 4.51. The topological polar surface area (TPSA) is 20.2 Å². The van der Waals surface area contributed by atoms with Crippen molar-refractivity contribution in [3.63, 3.8) is 0 Å². The Morgan fingerprint density at radius 2 is 1.90 bits per heavy atom. The molecule has 1 heteroatoms. The lowest BCUT2D eigenvalue weighted by molar-refractivity contribution is 0.0736. The van der Waals surface area contributed by atoms with E-state index in [9.17, 15) is 5.11 Å². The molecular formula is C9H18O. The summed E-state index contributed by atoms with van der Waals surface area (Å²) >= 11 is 0. The molecule has 1 nitrogen and oxygen atoms in total. The molecule has 0 rings (SSSR count). The van der Waals surface area contributed by atoms with Gasteiger partial charge < -0.3 is 5.11 Å². The molecule has 0 fully saturated rings. The van der Waals surface area contributed by atoms with Crippen LogP contribution < -0.4 is 0 Å². The number of allylic oxidation sites excluding steroid dienone is 1. The summed E-state index contributed by atoms with van der Waals surface area (Å²) in [4.78, 5) is 0. The van der Waals surface area contributed by atoms with Gasteiger partial charge in [-0.25, -0.2) is 0 Å². The van der Waals surface area contributed by atoms with Gasteiger partial charge in [0.2, 0.25) is 0 Å². The quantitative estimate of drug-likeness (QED) is 0.597. The number of hydrogen-bond acceptors (Lipinski definition) is 1. The maximum Gasteiger partial charge on any atom is 0.0591 e. The van der Waals surface area contributed by atoms with Crippen molar-refractivity contribution in [2.75, 3.05) is 0 Å². The molecule has 60 valence electrons. The Morgan fingerprint density at radius 1 is 1.40 bits per heavy atom. The van der Waals surface area contributed by atoms with E-state index in [0.29, 0.717) is 11.8 Å². The zero-order chi connectivity index (χ0) is 8.15. The third-order valence-corrected chi connectivity index (χ3v) is 1.80. The first kappa shape index (κ1) is 9.70. The van der Waals surface area contributed by atoms with Crippen molar-refractivity contribution < 1.29 is 5.11 Å². The van der Waals surface area contributed by atoms with Gasteiger partial charge in [-0.1, -0.05) is 26.8 Å². The lowest BCUT2D eigenvalue weighted by atomic mass is 9.92. The highest BCUT2D eigenvalue weighted by Crippen LogP contribution is 2.15. The van der Waals surface area contributed by atoms with Crippen molar-refractivity contribution >= 4 is 0 Å². The van der Waals surface area contributed by atoms with Crippen LogP contribution in [0.25, 0.3) is 0 Å². The molecule has 1 N–H and O–H groups in total. The van der Waals surface area contributed by atoms with Gasteiger partial charge in [0.05, 0.1) is 6.10 Å². The highest BCUT2D eigenvalue weighted by atomic mass is 16.3. The molecule has 0 bridgehead atoms. The van der Waals surface area contributed by atoms with E-state index < -0.39 is 0 Å². The fourth-order valence-electron chi connectivity index (χ4n) is 1.06. The van der Waals surface area contributed by atoms with Crippen LogP contribution in [0.3, 0.4) is 0 Å². The Labute approximate surface area is 63.8 Å². The second-order valence-electron chi connectivity index (χ2n) is 3.24. The smallest absolute Gasteiger partial charge is 0.0591 e. The number of aliphatic hydroxyl groups excluding tert-OH is 1. The van der Waals surface area contributed by atoms with Crippen molar-refractivity contribution in [3.8, 4) is 0 Å². The summed E-state index contributed by atoms with van der Waals surface area (Å²) in [6, 6.07) is 0. The van der Waals surface area contributed by atoms with Crippen molar-refractivity contribution in [1.29, 1.82) is 0 Å². The van der Waals surface area contributed by atoms with E-state index in [-0.39, 0.29) is 6.10 Å². The molecule has 0 saturated heterocycles. The standard InChI is InChI=1S/C9H18O/c1-5-6-8(4)9(10)7(2)3/h5,7-10H,1,6H2,2-4H3/t8-,9+/m0/s1. The van der Waals surface area contributed by atoms with E-state index in [1.54, 1.807) is 0 Å². The Kier molecular flexibility index (Phi) is 4.37. The average Bonchev–Trinajstić information content (AvgIpc) is 1.87. The summed E-state index contributed by atoms with van der Waals surface area (Å²) < 4.78 is 0. The van der Waals surface area contributed by atoms with Gasteiger partial charge in [-0.3, -0.25) is 0 Å². The Morgan fingerprint density at radius 3 is 2.20 bits per heavy atom. The van der Waals surface area contributed by atoms with Gasteiger partial charge in [0.1, 0.15) is 0 Å². The molecule has 0 aliphatic rings. The van der Waals surface area contributed by atoms with E-state index in [4.69, 9.17) is 0 Å². The van der Waals surface area contributed by atoms with E-state index >= 15 is 0 Å². The average molecular weight is 142 g/mol. The van der Waals surface area contributed by atoms with Gasteiger partial charge in [0.25, 0.3) is 0 Å². The van der Waals surface area contributed by atoms with Crippen LogP contribution in [0.2, 0.25) is 0 Å². The van der Waals surface area contributed by atoms with Crippen molar-refractivity contribution in [1.82, 2.24) is 0 Å². The van der Waals surface area contributed by atoms with Crippen LogP contribution in [0.5, 0.6) is 0 Å². The minimum absolute atomic E-state index is 0.182. The van der Waals surface area contributed by atoms with Gasteiger partial charge >= 0.3 is 0 Å². The largest absolute Gasteiger partial charge is 0.393 e. The van der Waals surface area contributed by atoms with Crippen LogP contribution in [-0.4, -0.2) is 11.2 Å². The van der Waals surface area contributed by atoms with Gasteiger partial charge in [0.15, 0.2) is 0 Å². The van der Waals surface area contributed by atoms with Crippen molar-refractivity contribution in [2.24, 2.45) is 11.8 Å². The van der Waals surface area contributed by atoms with E-state index in [0.717, 1.165) is 6.42 Å². The summed E-state index contributed by atoms with van der Waals surface area (Å²) in [5, 5.41) is 9.48. The first-order valence-electron chi connectivity index (χ1n) is 3.88. The molecule has 0 saturated carbocycles. The van der Waals surface area contributed by atoms with Crippen LogP contribution in [0.15, 0.2) is 12.7 Å². The number of hydrogen-bond donors (Lipinski definition) is 1. The Hall–Kier alpha value is -0.300. The summed E-state index contributed by atoms with van der Waals surface area (Å²) in [5.74, 6) is 0.701. The molecular weight excluding hydrogens is 124 g/mol. The van der Waals surface area contributed by atoms with Gasteiger partial charge in [-0.05, 0) is 18.3 Å². The highest BCUT2D eigenvalue weighted by Gasteiger charge is 2.15. The predicted molar refractivity (Wildman–Crippen MR) is 44.8 cm³/mol. The molecule has 0 aliphatic heterocycles. The van der Waals surface area contributed by atoms with E-state index in [1.165, 1.54) is 0 Å². The first-order valence-corrected chi connectivity index (χ1v) is 3.88. The SMILES string of the molecule is C=CC[C@H](C)[C@H](O)C(C)C. The van der Waals surface area contributed by atoms with E-state index in [2.05, 4.69) is 6.58 Å². The third kappa shape index (κ3) is 3.02. The molecule has 0 aliphatic carbocycles. The fraction of sp³-hybridized carbons (Fsp3) is 0.778. The lowest BCUT2D eigenvalue weighted by Gasteiger charge is -2.20. The monoisotopic (exact) mass is 142 g/mol. The number of rotatable bonds is 4. The van der Waals surface area contributed by atoms with E-state index in [1.807, 2.05) is 26.8 Å². The van der Waals surface area contributed by atoms with Crippen LogP contribution in [0.4, 0.5) is 0 Å². The highest BCUT2D eigenvalue weighted by molar-refractivity contribution is 4.76. The molecule has 0 aromatic rings. The van der Waals surface area contributed by atoms with Crippen molar-refractivity contribution in [3.05, 3.63) is 12.7 Å². The minimum atomic E-state index is -0.182. The van der Waals surface area contributed by atoms with Crippen LogP contribution in [-0.2, 0) is 0 Å². The third-order valence-electron chi connectivity index (χ3n) is 1.80. The zero-order valence-corrected chi connectivity index (χ0v) is 7.17. The second-order valence-corrected chi connectivity index (χ2v) is 3.24. The van der Waals surface area contributed by atoms with Crippen molar-refractivity contribution in [2.45, 2.75) is 33.3 Å². The Bertz CT molecular complexity index is 96.9. The van der Waals surface area contributed by atoms with Gasteiger partial charge in [-0.15, -0.1) is 6.58 Å². The van der Waals surface area contributed by atoms with Crippen LogP contribution in [0, 0.1) is 11.8 Å². The lowest BCUT2D eigenvalue weighted by Crippen LogP contribution is -2.22. The molecule has 0 amide bonds. The molecule has 0 spiro atoms. The normalized spacial score (nSPS) is 16.9. The minimum Gasteiger partial charge on any atom is -0.393 e. The first-order chi connectivity index (χ1) is 4.59. The van der Waals surface area contributed by atoms with Gasteiger partial charge in [-0.2, -0.15) is 0 Å². The molecule has 0 radical (unpaired) electrons. The van der Waals surface area contributed by atoms with Crippen LogP contribution in [0.1, 0.15) is 27.2 Å². The zero-order valence-electron chi connectivity index (χ0n) is 7.17. The maximum absolute atomic E-state index is 9.48. The molecule has 0 heterocycles. The Balaban J connectivity index is 3.68. The predicted octanol–water partition coefficient (Wildman–Crippen LogP) is 2.22.